The maximum absolute atomic E-state index is 11.6. The summed E-state index contributed by atoms with van der Waals surface area (Å²) < 4.78 is 0. The van der Waals surface area contributed by atoms with Gasteiger partial charge >= 0.3 is 0 Å². The van der Waals surface area contributed by atoms with Gasteiger partial charge in [-0.15, -0.1) is 0 Å². The summed E-state index contributed by atoms with van der Waals surface area (Å²) in [6.07, 6.45) is 15.3. The Bertz CT molecular complexity index is 225. The normalized spacial score (nSPS) is 29.5. The van der Waals surface area contributed by atoms with E-state index in [0.29, 0.717) is 5.78 Å². The molecule has 0 radical (unpaired) electrons. The number of carbonyl (C=O) groups is 1. The number of rotatable bonds is 0. The Morgan fingerprint density at radius 1 is 1.36 bits per heavy atom. The summed E-state index contributed by atoms with van der Waals surface area (Å²) in [4.78, 5) is 11.6. The summed E-state index contributed by atoms with van der Waals surface area (Å²) in [7, 11) is 0. The van der Waals surface area contributed by atoms with Gasteiger partial charge in [0.25, 0.3) is 0 Å². The molecule has 1 heteroatoms. The van der Waals surface area contributed by atoms with Crippen LogP contribution >= 0.6 is 0 Å². The van der Waals surface area contributed by atoms with Crippen molar-refractivity contribution in [1.29, 1.82) is 0 Å². The summed E-state index contributed by atoms with van der Waals surface area (Å²) in [5.74, 6) is 0.613. The molecule has 0 saturated carbocycles. The Labute approximate surface area is 86.9 Å². The van der Waals surface area contributed by atoms with Crippen LogP contribution in [0.5, 0.6) is 0 Å². The van der Waals surface area contributed by atoms with Crippen LogP contribution in [0.25, 0.3) is 0 Å². The van der Waals surface area contributed by atoms with Crippen molar-refractivity contribution in [3.05, 3.63) is 30.7 Å². The van der Waals surface area contributed by atoms with E-state index in [9.17, 15) is 4.79 Å². The van der Waals surface area contributed by atoms with Crippen molar-refractivity contribution in [2.75, 3.05) is 0 Å². The lowest BCUT2D eigenvalue weighted by Crippen LogP contribution is -2.09. The number of hydrogen-bond acceptors (Lipinski definition) is 1. The van der Waals surface area contributed by atoms with Crippen LogP contribution in [0, 0.1) is 12.3 Å². The molecular weight excluding hydrogens is 172 g/mol. The molecule has 1 aliphatic carbocycles. The van der Waals surface area contributed by atoms with Crippen LogP contribution in [-0.2, 0) is 4.79 Å². The van der Waals surface area contributed by atoms with E-state index in [2.05, 4.69) is 30.7 Å². The minimum atomic E-state index is 0.203. The van der Waals surface area contributed by atoms with Crippen LogP contribution in [0.3, 0.4) is 0 Å². The number of ketones is 1. The first-order valence-electron chi connectivity index (χ1n) is 5.46. The molecule has 0 bridgehead atoms. The van der Waals surface area contributed by atoms with Gasteiger partial charge < -0.3 is 0 Å². The summed E-state index contributed by atoms with van der Waals surface area (Å²) >= 11 is 0. The van der Waals surface area contributed by atoms with Gasteiger partial charge in [0.15, 0.2) is 0 Å². The Kier molecular flexibility index (Phi) is 5.13. The third kappa shape index (κ3) is 4.31. The standard InChI is InChI=1S/C13H19O/c1-12-10-8-6-4-2-3-5-7-9-11-13(12)14/h2-3,5-6,8,12H,4,7,9-11H2,1H3/q+1/b3-2+,8-6+. The number of carbonyl (C=O) groups excluding carboxylic acids is 1. The maximum Gasteiger partial charge on any atom is 0.136 e. The van der Waals surface area contributed by atoms with Gasteiger partial charge in [0, 0.05) is 31.3 Å². The van der Waals surface area contributed by atoms with E-state index in [-0.39, 0.29) is 5.92 Å². The largest absolute Gasteiger partial charge is 0.299 e. The van der Waals surface area contributed by atoms with E-state index in [1.165, 1.54) is 0 Å². The molecule has 0 amide bonds. The second-order valence-corrected chi connectivity index (χ2v) is 3.87. The smallest absolute Gasteiger partial charge is 0.136 e. The lowest BCUT2D eigenvalue weighted by atomic mass is 9.97. The van der Waals surface area contributed by atoms with Gasteiger partial charge in [-0.05, 0) is 12.8 Å². The fraction of sp³-hybridized carbons (Fsp3) is 0.538. The van der Waals surface area contributed by atoms with Crippen molar-refractivity contribution < 1.29 is 4.79 Å². The Morgan fingerprint density at radius 2 is 2.21 bits per heavy atom. The van der Waals surface area contributed by atoms with Gasteiger partial charge in [0.2, 0.25) is 0 Å². The highest BCUT2D eigenvalue weighted by atomic mass is 16.1. The molecule has 0 aromatic heterocycles. The summed E-state index contributed by atoms with van der Waals surface area (Å²) in [6, 6.07) is 0. The van der Waals surface area contributed by atoms with Gasteiger partial charge in [-0.3, -0.25) is 4.79 Å². The van der Waals surface area contributed by atoms with Gasteiger partial charge in [-0.1, -0.05) is 19.1 Å². The average molecular weight is 191 g/mol. The molecule has 14 heavy (non-hydrogen) atoms. The van der Waals surface area contributed by atoms with E-state index >= 15 is 0 Å². The molecule has 0 aliphatic heterocycles. The predicted octanol–water partition coefficient (Wildman–Crippen LogP) is 3.47. The van der Waals surface area contributed by atoms with E-state index in [0.717, 1.165) is 32.1 Å². The van der Waals surface area contributed by atoms with Crippen molar-refractivity contribution in [2.45, 2.75) is 39.0 Å². The van der Waals surface area contributed by atoms with E-state index in [1.54, 1.807) is 0 Å². The molecule has 1 aliphatic rings. The quantitative estimate of drug-likeness (QED) is 0.423. The Hall–Kier alpha value is -0.980. The molecule has 1 atom stereocenters. The van der Waals surface area contributed by atoms with Crippen molar-refractivity contribution in [3.63, 3.8) is 0 Å². The number of Topliss-reactive ketones (excluding diaryl/α,β-unsaturated/α-hetero) is 1. The highest BCUT2D eigenvalue weighted by molar-refractivity contribution is 5.80. The summed E-state index contributed by atoms with van der Waals surface area (Å²) in [5.41, 5.74) is 0. The SMILES string of the molecule is CC1C/C=C/C/C=C/[CH+]CCCC1=O. The van der Waals surface area contributed by atoms with Crippen LogP contribution in [0.15, 0.2) is 24.3 Å². The first-order valence-corrected chi connectivity index (χ1v) is 5.46. The zero-order valence-electron chi connectivity index (χ0n) is 8.91. The third-order valence-electron chi connectivity index (χ3n) is 2.54. The van der Waals surface area contributed by atoms with Gasteiger partial charge in [0.05, 0.1) is 12.5 Å². The molecule has 76 valence electrons. The van der Waals surface area contributed by atoms with Crippen LogP contribution in [0.2, 0.25) is 0 Å². The van der Waals surface area contributed by atoms with Crippen molar-refractivity contribution in [1.82, 2.24) is 0 Å². The minimum Gasteiger partial charge on any atom is -0.299 e. The van der Waals surface area contributed by atoms with Crippen LogP contribution in [0.1, 0.15) is 39.0 Å². The molecular formula is C13H19O+. The van der Waals surface area contributed by atoms with E-state index < -0.39 is 0 Å². The summed E-state index contributed by atoms with van der Waals surface area (Å²) in [6.45, 7) is 2.03. The highest BCUT2D eigenvalue weighted by Gasteiger charge is 2.11. The van der Waals surface area contributed by atoms with Gasteiger partial charge in [-0.2, -0.15) is 0 Å². The second-order valence-electron chi connectivity index (χ2n) is 3.87. The molecule has 0 N–H and O–H groups in total. The Morgan fingerprint density at radius 3 is 3.07 bits per heavy atom. The zero-order valence-corrected chi connectivity index (χ0v) is 8.91. The molecule has 1 rings (SSSR count). The van der Waals surface area contributed by atoms with Gasteiger partial charge in [0.1, 0.15) is 5.78 Å². The van der Waals surface area contributed by atoms with Crippen molar-refractivity contribution in [2.24, 2.45) is 5.92 Å². The first-order chi connectivity index (χ1) is 6.80. The number of hydrogen-bond donors (Lipinski definition) is 0. The first kappa shape index (κ1) is 11.1. The number of allylic oxidation sites excluding steroid dienone is 4. The van der Waals surface area contributed by atoms with E-state index in [4.69, 9.17) is 0 Å². The molecule has 0 spiro atoms. The molecule has 1 nitrogen and oxygen atoms in total. The van der Waals surface area contributed by atoms with Crippen LogP contribution < -0.4 is 0 Å². The van der Waals surface area contributed by atoms with Crippen molar-refractivity contribution in [3.8, 4) is 0 Å². The summed E-state index contributed by atoms with van der Waals surface area (Å²) in [5, 5.41) is 0. The molecule has 0 aromatic carbocycles. The monoisotopic (exact) mass is 191 g/mol. The second kappa shape index (κ2) is 6.47. The molecule has 0 fully saturated rings. The van der Waals surface area contributed by atoms with Crippen molar-refractivity contribution >= 4 is 5.78 Å². The molecule has 0 heterocycles. The lowest BCUT2D eigenvalue weighted by Gasteiger charge is -2.06. The lowest BCUT2D eigenvalue weighted by molar-refractivity contribution is -0.122. The fourth-order valence-electron chi connectivity index (χ4n) is 1.52. The minimum absolute atomic E-state index is 0.203. The van der Waals surface area contributed by atoms with Crippen LogP contribution in [0.4, 0.5) is 0 Å². The predicted molar refractivity (Wildman–Crippen MR) is 59.8 cm³/mol. The molecule has 1 unspecified atom stereocenters. The van der Waals surface area contributed by atoms with Crippen LogP contribution in [-0.4, -0.2) is 5.78 Å². The highest BCUT2D eigenvalue weighted by Crippen LogP contribution is 2.12. The van der Waals surface area contributed by atoms with Gasteiger partial charge in [-0.25, -0.2) is 0 Å². The van der Waals surface area contributed by atoms with E-state index in [1.807, 2.05) is 6.92 Å². The zero-order chi connectivity index (χ0) is 10.2. The third-order valence-corrected chi connectivity index (χ3v) is 2.54. The molecule has 0 aromatic rings. The maximum atomic E-state index is 11.6. The molecule has 0 saturated heterocycles. The Balaban J connectivity index is 2.46. The average Bonchev–Trinajstić information content (AvgIpc) is 2.18. The fourth-order valence-corrected chi connectivity index (χ4v) is 1.52. The topological polar surface area (TPSA) is 17.1 Å².